The van der Waals surface area contributed by atoms with Crippen LogP contribution in [0, 0.1) is 0 Å². The lowest BCUT2D eigenvalue weighted by molar-refractivity contribution is -0.114. The van der Waals surface area contributed by atoms with E-state index < -0.39 is 0 Å². The first-order valence-electron chi connectivity index (χ1n) is 2.91. The molecule has 2 aliphatic heterocycles. The van der Waals surface area contributed by atoms with E-state index >= 15 is 0 Å². The van der Waals surface area contributed by atoms with Crippen molar-refractivity contribution in [3.05, 3.63) is 23.4 Å². The minimum Gasteiger partial charge on any atom is -0.267 e. The number of dihydropyridines is 1. The highest BCUT2D eigenvalue weighted by atomic mass is 35.5. The Morgan fingerprint density at radius 3 is 2.55 bits per heavy atom. The normalized spacial score (nSPS) is 18.7. The summed E-state index contributed by atoms with van der Waals surface area (Å²) in [7, 11) is 0. The molecule has 2 aliphatic rings. The fourth-order valence-electron chi connectivity index (χ4n) is 0.906. The second-order valence-electron chi connectivity index (χ2n) is 1.99. The number of carbonyl (C=O) groups excluding carboxylic acids is 1. The summed E-state index contributed by atoms with van der Waals surface area (Å²) in [6.45, 7) is 0. The van der Waals surface area contributed by atoms with Gasteiger partial charge in [0.2, 0.25) is 0 Å². The van der Waals surface area contributed by atoms with Gasteiger partial charge in [0, 0.05) is 12.4 Å². The zero-order chi connectivity index (χ0) is 6.97. The molecule has 0 bridgehead atoms. The van der Waals surface area contributed by atoms with Crippen LogP contribution >= 0.6 is 12.4 Å². The Morgan fingerprint density at radius 1 is 1.09 bits per heavy atom. The van der Waals surface area contributed by atoms with Crippen molar-refractivity contribution in [2.75, 3.05) is 0 Å². The quantitative estimate of drug-likeness (QED) is 0.530. The van der Waals surface area contributed by atoms with Gasteiger partial charge in [0.05, 0.1) is 11.3 Å². The van der Waals surface area contributed by atoms with Gasteiger partial charge < -0.3 is 0 Å². The number of aliphatic imine (C=N–C) groups is 2. The lowest BCUT2D eigenvalue weighted by Crippen LogP contribution is -2.03. The second-order valence-corrected chi connectivity index (χ2v) is 1.99. The highest BCUT2D eigenvalue weighted by Gasteiger charge is 2.17. The fraction of sp³-hybridized carbons (Fsp3) is 0. The average molecular weight is 169 g/mol. The van der Waals surface area contributed by atoms with Crippen molar-refractivity contribution in [2.45, 2.75) is 0 Å². The van der Waals surface area contributed by atoms with Gasteiger partial charge in [-0.15, -0.1) is 12.4 Å². The lowest BCUT2D eigenvalue weighted by Gasteiger charge is -2.00. The van der Waals surface area contributed by atoms with E-state index in [-0.39, 0.29) is 18.3 Å². The summed E-state index contributed by atoms with van der Waals surface area (Å²) >= 11 is 0. The zero-order valence-corrected chi connectivity index (χ0v) is 6.34. The first-order valence-corrected chi connectivity index (χ1v) is 2.91. The Hall–Kier alpha value is -1.22. The molecule has 56 valence electrons. The summed E-state index contributed by atoms with van der Waals surface area (Å²) in [6, 6.07) is 0. The van der Waals surface area contributed by atoms with Crippen LogP contribution in [0.3, 0.4) is 0 Å². The average Bonchev–Trinajstić information content (AvgIpc) is 2.36. The Bertz CT molecular complexity index is 306. The van der Waals surface area contributed by atoms with Gasteiger partial charge in [0.15, 0.2) is 0 Å². The van der Waals surface area contributed by atoms with Gasteiger partial charge in [-0.25, -0.2) is 4.99 Å². The maximum absolute atomic E-state index is 10.9. The number of hydrogen-bond donors (Lipinski definition) is 0. The fourth-order valence-corrected chi connectivity index (χ4v) is 0.906. The van der Waals surface area contributed by atoms with Crippen molar-refractivity contribution in [3.8, 4) is 0 Å². The van der Waals surface area contributed by atoms with Crippen molar-refractivity contribution in [1.29, 1.82) is 0 Å². The van der Waals surface area contributed by atoms with Crippen LogP contribution in [0.2, 0.25) is 0 Å². The van der Waals surface area contributed by atoms with E-state index in [2.05, 4.69) is 9.98 Å². The number of allylic oxidation sites excluding steroid dienone is 2. The van der Waals surface area contributed by atoms with Crippen LogP contribution in [-0.2, 0) is 4.79 Å². The molecule has 0 aromatic heterocycles. The van der Waals surface area contributed by atoms with Crippen LogP contribution < -0.4 is 0 Å². The van der Waals surface area contributed by atoms with Gasteiger partial charge in [-0.05, 0) is 12.2 Å². The van der Waals surface area contributed by atoms with Crippen LogP contribution in [0.1, 0.15) is 0 Å². The standard InChI is InChI=1S/C7H4N2O.ClH/c10-7-5-1-3-8-6(5)2-4-9-7;/h1-4H;1H. The predicted molar refractivity (Wildman–Crippen MR) is 45.4 cm³/mol. The summed E-state index contributed by atoms with van der Waals surface area (Å²) in [6.07, 6.45) is 6.47. The van der Waals surface area contributed by atoms with E-state index in [0.717, 1.165) is 5.70 Å². The first-order chi connectivity index (χ1) is 4.88. The molecular weight excluding hydrogens is 164 g/mol. The minimum absolute atomic E-state index is 0. The van der Waals surface area contributed by atoms with E-state index in [1.807, 2.05) is 0 Å². The van der Waals surface area contributed by atoms with Gasteiger partial charge in [0.25, 0.3) is 5.91 Å². The number of amides is 1. The predicted octanol–water partition coefficient (Wildman–Crippen LogP) is 0.914. The molecule has 0 atom stereocenters. The topological polar surface area (TPSA) is 41.8 Å². The SMILES string of the molecule is Cl.O=C1N=CC=C2N=CC=C12. The molecule has 0 aromatic rings. The van der Waals surface area contributed by atoms with Crippen molar-refractivity contribution in [2.24, 2.45) is 9.98 Å². The Balaban J connectivity index is 0.000000605. The van der Waals surface area contributed by atoms with Crippen LogP contribution in [0.15, 0.2) is 33.4 Å². The van der Waals surface area contributed by atoms with Gasteiger partial charge in [-0.3, -0.25) is 9.79 Å². The summed E-state index contributed by atoms with van der Waals surface area (Å²) in [5, 5.41) is 0. The van der Waals surface area contributed by atoms with E-state index in [1.165, 1.54) is 6.21 Å². The van der Waals surface area contributed by atoms with Gasteiger partial charge >= 0.3 is 0 Å². The van der Waals surface area contributed by atoms with Crippen molar-refractivity contribution in [3.63, 3.8) is 0 Å². The largest absolute Gasteiger partial charge is 0.279 e. The Labute approximate surface area is 69.6 Å². The molecule has 2 rings (SSSR count). The summed E-state index contributed by atoms with van der Waals surface area (Å²) < 4.78 is 0. The third-order valence-electron chi connectivity index (χ3n) is 1.39. The molecule has 1 amide bonds. The molecule has 0 aromatic carbocycles. The van der Waals surface area contributed by atoms with E-state index in [9.17, 15) is 4.79 Å². The van der Waals surface area contributed by atoms with Crippen molar-refractivity contribution < 1.29 is 4.79 Å². The van der Waals surface area contributed by atoms with E-state index in [1.54, 1.807) is 18.4 Å². The molecule has 0 fully saturated rings. The monoisotopic (exact) mass is 168 g/mol. The number of fused-ring (bicyclic) bond motifs is 1. The molecule has 0 saturated carbocycles. The number of carbonyl (C=O) groups is 1. The summed E-state index contributed by atoms with van der Waals surface area (Å²) in [4.78, 5) is 18.4. The minimum atomic E-state index is -0.199. The molecule has 0 radical (unpaired) electrons. The third-order valence-corrected chi connectivity index (χ3v) is 1.39. The van der Waals surface area contributed by atoms with Gasteiger partial charge in [0.1, 0.15) is 0 Å². The maximum atomic E-state index is 10.9. The highest BCUT2D eigenvalue weighted by Crippen LogP contribution is 2.18. The van der Waals surface area contributed by atoms with E-state index in [0.29, 0.717) is 5.57 Å². The van der Waals surface area contributed by atoms with Crippen LogP contribution in [0.5, 0.6) is 0 Å². The summed E-state index contributed by atoms with van der Waals surface area (Å²) in [5.74, 6) is -0.199. The second kappa shape index (κ2) is 2.80. The molecule has 0 unspecified atom stereocenters. The molecule has 3 nitrogen and oxygen atoms in total. The lowest BCUT2D eigenvalue weighted by atomic mass is 10.1. The number of rotatable bonds is 0. The van der Waals surface area contributed by atoms with Crippen molar-refractivity contribution in [1.82, 2.24) is 0 Å². The molecule has 0 N–H and O–H groups in total. The highest BCUT2D eigenvalue weighted by molar-refractivity contribution is 6.11. The van der Waals surface area contributed by atoms with Crippen LogP contribution in [-0.4, -0.2) is 18.3 Å². The summed E-state index contributed by atoms with van der Waals surface area (Å²) in [5.41, 5.74) is 1.32. The number of halogens is 1. The smallest absolute Gasteiger partial charge is 0.267 e. The van der Waals surface area contributed by atoms with E-state index in [4.69, 9.17) is 0 Å². The molecule has 0 spiro atoms. The Kier molecular flexibility index (Phi) is 2.01. The van der Waals surface area contributed by atoms with Crippen LogP contribution in [0.25, 0.3) is 0 Å². The van der Waals surface area contributed by atoms with Gasteiger partial charge in [-0.2, -0.15) is 0 Å². The molecule has 4 heteroatoms. The maximum Gasteiger partial charge on any atom is 0.279 e. The number of nitrogens with zero attached hydrogens (tertiary/aromatic N) is 2. The number of hydrogen-bond acceptors (Lipinski definition) is 2. The molecule has 11 heavy (non-hydrogen) atoms. The molecule has 2 heterocycles. The van der Waals surface area contributed by atoms with Crippen molar-refractivity contribution >= 4 is 30.7 Å². The Morgan fingerprint density at radius 2 is 1.82 bits per heavy atom. The third kappa shape index (κ3) is 1.14. The molecule has 0 aliphatic carbocycles. The molecule has 0 saturated heterocycles. The molecular formula is C7H5ClN2O. The van der Waals surface area contributed by atoms with Crippen LogP contribution in [0.4, 0.5) is 0 Å². The van der Waals surface area contributed by atoms with Gasteiger partial charge in [-0.1, -0.05) is 0 Å². The zero-order valence-electron chi connectivity index (χ0n) is 5.52. The first kappa shape index (κ1) is 7.88.